The van der Waals surface area contributed by atoms with Crippen LogP contribution in [0.2, 0.25) is 0 Å². The zero-order valence-corrected chi connectivity index (χ0v) is 11.4. The number of rotatable bonds is 8. The van der Waals surface area contributed by atoms with Crippen LogP contribution < -0.4 is 5.32 Å². The second-order valence-electron chi connectivity index (χ2n) is 4.28. The van der Waals surface area contributed by atoms with Crippen LogP contribution in [0.4, 0.5) is 0 Å². The second kappa shape index (κ2) is 8.16. The van der Waals surface area contributed by atoms with Gasteiger partial charge in [0.1, 0.15) is 5.54 Å². The van der Waals surface area contributed by atoms with Gasteiger partial charge in [-0.1, -0.05) is 30.3 Å². The molecule has 0 fully saturated rings. The average molecular weight is 285 g/mol. The van der Waals surface area contributed by atoms with Crippen molar-refractivity contribution in [2.24, 2.45) is 0 Å². The third-order valence-corrected chi connectivity index (χ3v) is 3.66. The van der Waals surface area contributed by atoms with Gasteiger partial charge in [-0.3, -0.25) is 4.79 Å². The third-order valence-electron chi connectivity index (χ3n) is 2.66. The van der Waals surface area contributed by atoms with E-state index in [9.17, 15) is 4.79 Å². The molecule has 0 radical (unpaired) electrons. The smallest absolute Gasteiger partial charge is 0.230 e. The Morgan fingerprint density at radius 1 is 1.11 bits per heavy atom. The Hall–Kier alpha value is -1.08. The van der Waals surface area contributed by atoms with Gasteiger partial charge >= 0.3 is 0 Å². The molecule has 0 unspecified atom stereocenters. The van der Waals surface area contributed by atoms with E-state index < -0.39 is 25.4 Å². The summed E-state index contributed by atoms with van der Waals surface area (Å²) >= 11 is 1.43. The quantitative estimate of drug-likeness (QED) is 0.529. The van der Waals surface area contributed by atoms with E-state index in [0.717, 1.165) is 5.56 Å². The van der Waals surface area contributed by atoms with Crippen LogP contribution in [0.15, 0.2) is 30.3 Å². The first-order valence-electron chi connectivity index (χ1n) is 5.91. The maximum atomic E-state index is 11.7. The van der Waals surface area contributed by atoms with Crippen LogP contribution in [-0.4, -0.2) is 52.3 Å². The van der Waals surface area contributed by atoms with Crippen molar-refractivity contribution in [2.45, 2.75) is 11.3 Å². The highest BCUT2D eigenvalue weighted by Gasteiger charge is 2.29. The lowest BCUT2D eigenvalue weighted by Crippen LogP contribution is -2.57. The number of hydrogen-bond donors (Lipinski definition) is 4. The van der Waals surface area contributed by atoms with Crippen LogP contribution in [-0.2, 0) is 10.5 Å². The van der Waals surface area contributed by atoms with E-state index in [1.54, 1.807) is 0 Å². The fourth-order valence-corrected chi connectivity index (χ4v) is 2.22. The largest absolute Gasteiger partial charge is 0.394 e. The summed E-state index contributed by atoms with van der Waals surface area (Å²) in [5, 5.41) is 29.7. The van der Waals surface area contributed by atoms with Crippen molar-refractivity contribution in [3.63, 3.8) is 0 Å². The van der Waals surface area contributed by atoms with E-state index in [1.807, 2.05) is 30.3 Å². The van der Waals surface area contributed by atoms with Crippen molar-refractivity contribution in [2.75, 3.05) is 25.6 Å². The van der Waals surface area contributed by atoms with Crippen LogP contribution in [0.25, 0.3) is 0 Å². The van der Waals surface area contributed by atoms with Crippen molar-refractivity contribution in [3.05, 3.63) is 35.9 Å². The summed E-state index contributed by atoms with van der Waals surface area (Å²) < 4.78 is 0. The summed E-state index contributed by atoms with van der Waals surface area (Å²) in [5.74, 6) is 0.591. The van der Waals surface area contributed by atoms with Crippen LogP contribution in [0, 0.1) is 0 Å². The minimum atomic E-state index is -1.34. The Morgan fingerprint density at radius 2 is 1.68 bits per heavy atom. The number of aliphatic hydroxyl groups excluding tert-OH is 3. The van der Waals surface area contributed by atoms with Gasteiger partial charge in [0.2, 0.25) is 5.91 Å². The normalized spacial score (nSPS) is 11.3. The third kappa shape index (κ3) is 5.20. The van der Waals surface area contributed by atoms with Crippen molar-refractivity contribution in [1.82, 2.24) is 5.32 Å². The Bertz CT molecular complexity index is 373. The first kappa shape index (κ1) is 16.0. The molecule has 0 aromatic heterocycles. The molecule has 1 rings (SSSR count). The van der Waals surface area contributed by atoms with Gasteiger partial charge in [-0.05, 0) is 5.56 Å². The number of thioether (sulfide) groups is 1. The second-order valence-corrected chi connectivity index (χ2v) is 5.27. The molecule has 0 heterocycles. The first-order valence-corrected chi connectivity index (χ1v) is 7.06. The molecule has 0 aliphatic rings. The van der Waals surface area contributed by atoms with Gasteiger partial charge in [0, 0.05) is 5.75 Å². The minimum absolute atomic E-state index is 0.205. The minimum Gasteiger partial charge on any atom is -0.394 e. The van der Waals surface area contributed by atoms with Gasteiger partial charge in [-0.25, -0.2) is 0 Å². The van der Waals surface area contributed by atoms with Crippen LogP contribution in [0.5, 0.6) is 0 Å². The van der Waals surface area contributed by atoms with Gasteiger partial charge in [0.05, 0.1) is 25.6 Å². The SMILES string of the molecule is O=C(CSCc1ccccc1)NC(CO)(CO)CO. The van der Waals surface area contributed by atoms with Crippen LogP contribution in [0.1, 0.15) is 5.56 Å². The maximum absolute atomic E-state index is 11.7. The summed E-state index contributed by atoms with van der Waals surface area (Å²) in [4.78, 5) is 11.7. The molecule has 0 bridgehead atoms. The summed E-state index contributed by atoms with van der Waals surface area (Å²) in [6, 6.07) is 9.75. The molecule has 106 valence electrons. The molecule has 0 aliphatic heterocycles. The predicted octanol–water partition coefficient (Wildman–Crippen LogP) is -0.248. The number of benzene rings is 1. The Kier molecular flexibility index (Phi) is 6.86. The predicted molar refractivity (Wildman–Crippen MR) is 74.7 cm³/mol. The van der Waals surface area contributed by atoms with E-state index in [4.69, 9.17) is 15.3 Å². The van der Waals surface area contributed by atoms with Crippen LogP contribution in [0.3, 0.4) is 0 Å². The number of aliphatic hydroxyl groups is 3. The first-order chi connectivity index (χ1) is 9.15. The van der Waals surface area contributed by atoms with E-state index >= 15 is 0 Å². The summed E-state index contributed by atoms with van der Waals surface area (Å²) in [5.41, 5.74) is -0.220. The Morgan fingerprint density at radius 3 is 2.21 bits per heavy atom. The Balaban J connectivity index is 2.35. The van der Waals surface area contributed by atoms with Gasteiger partial charge in [-0.15, -0.1) is 11.8 Å². The lowest BCUT2D eigenvalue weighted by molar-refractivity contribution is -0.122. The van der Waals surface area contributed by atoms with Crippen molar-refractivity contribution in [3.8, 4) is 0 Å². The number of nitrogens with one attached hydrogen (secondary N) is 1. The molecule has 1 amide bonds. The molecule has 0 saturated carbocycles. The van der Waals surface area contributed by atoms with Gasteiger partial charge < -0.3 is 20.6 Å². The lowest BCUT2D eigenvalue weighted by Gasteiger charge is -2.28. The number of amides is 1. The highest BCUT2D eigenvalue weighted by atomic mass is 32.2. The standard InChI is InChI=1S/C13H19NO4S/c15-8-13(9-16,10-17)14-12(18)7-19-6-11-4-2-1-3-5-11/h1-5,15-17H,6-10H2,(H,14,18). The van der Waals surface area contributed by atoms with E-state index in [0.29, 0.717) is 5.75 Å². The molecule has 0 atom stereocenters. The fourth-order valence-electron chi connectivity index (χ4n) is 1.44. The molecule has 0 saturated heterocycles. The zero-order valence-electron chi connectivity index (χ0n) is 10.6. The molecular weight excluding hydrogens is 266 g/mol. The molecule has 19 heavy (non-hydrogen) atoms. The molecule has 0 aliphatic carbocycles. The maximum Gasteiger partial charge on any atom is 0.230 e. The fraction of sp³-hybridized carbons (Fsp3) is 0.462. The number of carbonyl (C=O) groups is 1. The van der Waals surface area contributed by atoms with Crippen molar-refractivity contribution < 1.29 is 20.1 Å². The van der Waals surface area contributed by atoms with Crippen molar-refractivity contribution >= 4 is 17.7 Å². The van der Waals surface area contributed by atoms with Gasteiger partial charge in [0.15, 0.2) is 0 Å². The molecular formula is C13H19NO4S. The van der Waals surface area contributed by atoms with E-state index in [2.05, 4.69) is 5.32 Å². The van der Waals surface area contributed by atoms with Gasteiger partial charge in [-0.2, -0.15) is 0 Å². The summed E-state index contributed by atoms with van der Waals surface area (Å²) in [6.07, 6.45) is 0. The molecule has 4 N–H and O–H groups in total. The monoisotopic (exact) mass is 285 g/mol. The zero-order chi connectivity index (χ0) is 14.1. The molecule has 1 aromatic rings. The number of carbonyl (C=O) groups excluding carboxylic acids is 1. The molecule has 0 spiro atoms. The van der Waals surface area contributed by atoms with E-state index in [1.165, 1.54) is 11.8 Å². The number of hydrogen-bond acceptors (Lipinski definition) is 5. The summed E-state index contributed by atoms with van der Waals surface area (Å²) in [7, 11) is 0. The van der Waals surface area contributed by atoms with Crippen molar-refractivity contribution in [1.29, 1.82) is 0 Å². The van der Waals surface area contributed by atoms with Crippen LogP contribution >= 0.6 is 11.8 Å². The molecule has 6 heteroatoms. The summed E-state index contributed by atoms with van der Waals surface area (Å²) in [6.45, 7) is -1.51. The topological polar surface area (TPSA) is 89.8 Å². The van der Waals surface area contributed by atoms with Gasteiger partial charge in [0.25, 0.3) is 0 Å². The average Bonchev–Trinajstić information content (AvgIpc) is 2.46. The molecule has 1 aromatic carbocycles. The lowest BCUT2D eigenvalue weighted by atomic mass is 10.0. The Labute approximate surface area is 116 Å². The van der Waals surface area contributed by atoms with E-state index in [-0.39, 0.29) is 11.7 Å². The molecule has 5 nitrogen and oxygen atoms in total. The highest BCUT2D eigenvalue weighted by Crippen LogP contribution is 2.12. The highest BCUT2D eigenvalue weighted by molar-refractivity contribution is 7.99.